The van der Waals surface area contributed by atoms with Gasteiger partial charge in [0.15, 0.2) is 0 Å². The van der Waals surface area contributed by atoms with Gasteiger partial charge in [0.05, 0.1) is 12.2 Å². The molecule has 110 valence electrons. The van der Waals surface area contributed by atoms with Crippen molar-refractivity contribution in [1.29, 1.82) is 0 Å². The molecule has 0 bridgehead atoms. The number of hydrogen-bond donors (Lipinski definition) is 1. The summed E-state index contributed by atoms with van der Waals surface area (Å²) in [5.74, 6) is -0.616. The van der Waals surface area contributed by atoms with Crippen LogP contribution in [0, 0.1) is 0 Å². The number of likely N-dealkylation sites (N-methyl/N-ethyl adjacent to an activating group) is 1. The molecule has 5 nitrogen and oxygen atoms in total. The second-order valence-corrected chi connectivity index (χ2v) is 5.53. The van der Waals surface area contributed by atoms with Gasteiger partial charge in [0, 0.05) is 19.2 Å². The van der Waals surface area contributed by atoms with Crippen molar-refractivity contribution in [2.45, 2.75) is 26.4 Å². The van der Waals surface area contributed by atoms with Crippen molar-refractivity contribution < 1.29 is 19.4 Å². The fourth-order valence-corrected chi connectivity index (χ4v) is 1.56. The molecular formula is C15H21NO4. The minimum absolute atomic E-state index is 0.0851. The molecule has 5 heteroatoms. The van der Waals surface area contributed by atoms with Crippen LogP contribution in [0.1, 0.15) is 41.5 Å². The lowest BCUT2D eigenvalue weighted by Gasteiger charge is -2.19. The number of carbonyl (C=O) groups excluding carboxylic acids is 2. The van der Waals surface area contributed by atoms with Crippen molar-refractivity contribution in [1.82, 2.24) is 4.90 Å². The number of esters is 1. The van der Waals surface area contributed by atoms with E-state index in [0.717, 1.165) is 0 Å². The zero-order chi connectivity index (χ0) is 15.3. The number of hydrogen-bond acceptors (Lipinski definition) is 4. The fourth-order valence-electron chi connectivity index (χ4n) is 1.56. The zero-order valence-corrected chi connectivity index (χ0v) is 12.3. The average Bonchev–Trinajstić information content (AvgIpc) is 2.36. The van der Waals surface area contributed by atoms with Crippen molar-refractivity contribution in [3.63, 3.8) is 0 Å². The first kappa shape index (κ1) is 16.2. The summed E-state index contributed by atoms with van der Waals surface area (Å²) in [5, 5.41) is 8.80. The molecule has 0 atom stereocenters. The summed E-state index contributed by atoms with van der Waals surface area (Å²) >= 11 is 0. The fraction of sp³-hybridized carbons (Fsp3) is 0.467. The zero-order valence-electron chi connectivity index (χ0n) is 12.3. The number of nitrogens with zero attached hydrogens (tertiary/aromatic N) is 1. The van der Waals surface area contributed by atoms with E-state index in [1.54, 1.807) is 52.1 Å². The molecule has 0 heterocycles. The largest absolute Gasteiger partial charge is 0.456 e. The number of aliphatic hydroxyl groups is 1. The highest BCUT2D eigenvalue weighted by Gasteiger charge is 2.18. The molecule has 0 fully saturated rings. The Bertz CT molecular complexity index is 474. The molecule has 1 N–H and O–H groups in total. The second-order valence-electron chi connectivity index (χ2n) is 5.53. The number of amides is 1. The Morgan fingerprint density at radius 2 is 1.65 bits per heavy atom. The van der Waals surface area contributed by atoms with Gasteiger partial charge in [-0.25, -0.2) is 4.79 Å². The van der Waals surface area contributed by atoms with E-state index in [4.69, 9.17) is 9.84 Å². The van der Waals surface area contributed by atoms with Gasteiger partial charge >= 0.3 is 5.97 Å². The maximum Gasteiger partial charge on any atom is 0.338 e. The molecule has 0 saturated carbocycles. The smallest absolute Gasteiger partial charge is 0.338 e. The number of carbonyl (C=O) groups is 2. The van der Waals surface area contributed by atoms with Gasteiger partial charge in [-0.3, -0.25) is 4.79 Å². The molecule has 1 aromatic rings. The molecule has 0 spiro atoms. The van der Waals surface area contributed by atoms with E-state index in [1.807, 2.05) is 0 Å². The van der Waals surface area contributed by atoms with Gasteiger partial charge in [-0.15, -0.1) is 0 Å². The quantitative estimate of drug-likeness (QED) is 0.852. The predicted octanol–water partition coefficient (Wildman–Crippen LogP) is 1.71. The van der Waals surface area contributed by atoms with Crippen LogP contribution in [0.3, 0.4) is 0 Å². The van der Waals surface area contributed by atoms with E-state index < -0.39 is 11.6 Å². The lowest BCUT2D eigenvalue weighted by molar-refractivity contribution is 0.00693. The van der Waals surface area contributed by atoms with Crippen LogP contribution in [0.15, 0.2) is 24.3 Å². The van der Waals surface area contributed by atoms with Crippen LogP contribution in [0.4, 0.5) is 0 Å². The summed E-state index contributed by atoms with van der Waals surface area (Å²) in [6.45, 7) is 5.58. The molecule has 0 aliphatic rings. The van der Waals surface area contributed by atoms with Gasteiger partial charge in [-0.1, -0.05) is 0 Å². The van der Waals surface area contributed by atoms with E-state index in [-0.39, 0.29) is 19.1 Å². The molecule has 0 aromatic heterocycles. The Morgan fingerprint density at radius 3 is 2.10 bits per heavy atom. The summed E-state index contributed by atoms with van der Waals surface area (Å²) in [7, 11) is 1.61. The number of rotatable bonds is 4. The third-order valence-electron chi connectivity index (χ3n) is 2.55. The molecule has 0 radical (unpaired) electrons. The molecule has 1 rings (SSSR count). The van der Waals surface area contributed by atoms with Crippen LogP contribution in [0.5, 0.6) is 0 Å². The molecule has 0 saturated heterocycles. The number of aliphatic hydroxyl groups excluding tert-OH is 1. The molecule has 0 unspecified atom stereocenters. The summed E-state index contributed by atoms with van der Waals surface area (Å²) in [6.07, 6.45) is 0. The standard InChI is InChI=1S/C15H21NO4/c1-15(2,3)20-14(19)12-7-5-11(6-8-12)13(18)16(4)9-10-17/h5-8,17H,9-10H2,1-4H3. The molecular weight excluding hydrogens is 258 g/mol. The van der Waals surface area contributed by atoms with Crippen molar-refractivity contribution in [3.05, 3.63) is 35.4 Å². The van der Waals surface area contributed by atoms with E-state index in [2.05, 4.69) is 0 Å². The van der Waals surface area contributed by atoms with Crippen molar-refractivity contribution >= 4 is 11.9 Å². The molecule has 1 aromatic carbocycles. The molecule has 20 heavy (non-hydrogen) atoms. The van der Waals surface area contributed by atoms with E-state index in [1.165, 1.54) is 4.90 Å². The van der Waals surface area contributed by atoms with Crippen molar-refractivity contribution in [2.24, 2.45) is 0 Å². The van der Waals surface area contributed by atoms with Crippen LogP contribution < -0.4 is 0 Å². The topological polar surface area (TPSA) is 66.8 Å². The highest BCUT2D eigenvalue weighted by atomic mass is 16.6. The summed E-state index contributed by atoms with van der Waals surface area (Å²) < 4.78 is 5.24. The molecule has 0 aliphatic heterocycles. The summed E-state index contributed by atoms with van der Waals surface area (Å²) in [6, 6.07) is 6.28. The first-order valence-corrected chi connectivity index (χ1v) is 6.44. The first-order chi connectivity index (χ1) is 9.24. The highest BCUT2D eigenvalue weighted by molar-refractivity contribution is 5.96. The van der Waals surface area contributed by atoms with Crippen LogP contribution in [-0.2, 0) is 4.74 Å². The van der Waals surface area contributed by atoms with Crippen LogP contribution in [-0.4, -0.2) is 47.7 Å². The Kier molecular flexibility index (Phi) is 5.27. The minimum atomic E-state index is -0.549. The molecule has 1 amide bonds. The third kappa shape index (κ3) is 4.66. The van der Waals surface area contributed by atoms with Crippen LogP contribution in [0.2, 0.25) is 0 Å². The SMILES string of the molecule is CN(CCO)C(=O)c1ccc(C(=O)OC(C)(C)C)cc1. The Labute approximate surface area is 119 Å². The van der Waals surface area contributed by atoms with Gasteiger partial charge in [0.1, 0.15) is 5.60 Å². The Balaban J connectivity index is 2.79. The lowest BCUT2D eigenvalue weighted by atomic mass is 10.1. The Morgan fingerprint density at radius 1 is 1.15 bits per heavy atom. The minimum Gasteiger partial charge on any atom is -0.456 e. The number of ether oxygens (including phenoxy) is 1. The highest BCUT2D eigenvalue weighted by Crippen LogP contribution is 2.13. The van der Waals surface area contributed by atoms with E-state index >= 15 is 0 Å². The summed E-state index contributed by atoms with van der Waals surface area (Å²) in [4.78, 5) is 25.2. The third-order valence-corrected chi connectivity index (χ3v) is 2.55. The van der Waals surface area contributed by atoms with Crippen LogP contribution in [0.25, 0.3) is 0 Å². The van der Waals surface area contributed by atoms with Crippen molar-refractivity contribution in [3.8, 4) is 0 Å². The van der Waals surface area contributed by atoms with Gasteiger partial charge in [-0.2, -0.15) is 0 Å². The second kappa shape index (κ2) is 6.52. The van der Waals surface area contributed by atoms with Crippen LogP contribution >= 0.6 is 0 Å². The normalized spacial score (nSPS) is 11.1. The average molecular weight is 279 g/mol. The summed E-state index contributed by atoms with van der Waals surface area (Å²) in [5.41, 5.74) is 0.321. The lowest BCUT2D eigenvalue weighted by Crippen LogP contribution is -2.29. The molecule has 0 aliphatic carbocycles. The first-order valence-electron chi connectivity index (χ1n) is 6.44. The maximum absolute atomic E-state index is 11.9. The Hall–Kier alpha value is -1.88. The van der Waals surface area contributed by atoms with Gasteiger partial charge in [0.2, 0.25) is 0 Å². The van der Waals surface area contributed by atoms with Gasteiger partial charge < -0.3 is 14.7 Å². The predicted molar refractivity (Wildman–Crippen MR) is 75.7 cm³/mol. The maximum atomic E-state index is 11.9. The van der Waals surface area contributed by atoms with E-state index in [0.29, 0.717) is 11.1 Å². The van der Waals surface area contributed by atoms with Crippen molar-refractivity contribution in [2.75, 3.05) is 20.2 Å². The van der Waals surface area contributed by atoms with E-state index in [9.17, 15) is 9.59 Å². The monoisotopic (exact) mass is 279 g/mol. The number of benzene rings is 1. The van der Waals surface area contributed by atoms with Gasteiger partial charge in [-0.05, 0) is 45.0 Å². The van der Waals surface area contributed by atoms with Gasteiger partial charge in [0.25, 0.3) is 5.91 Å².